The summed E-state index contributed by atoms with van der Waals surface area (Å²) in [6, 6.07) is 14.7. The van der Waals surface area contributed by atoms with E-state index in [0.717, 1.165) is 11.3 Å². The van der Waals surface area contributed by atoms with E-state index < -0.39 is 23.5 Å². The average Bonchev–Trinajstić information content (AvgIpc) is 3.47. The Bertz CT molecular complexity index is 1600. The third-order valence-electron chi connectivity index (χ3n) is 6.24. The molecular weight excluding hydrogens is 523 g/mol. The van der Waals surface area contributed by atoms with Gasteiger partial charge in [0.15, 0.2) is 16.6 Å². The van der Waals surface area contributed by atoms with Crippen LogP contribution < -0.4 is 19.1 Å². The molecule has 2 heterocycles. The summed E-state index contributed by atoms with van der Waals surface area (Å²) in [7, 11) is 1.52. The van der Waals surface area contributed by atoms with Crippen LogP contribution in [-0.4, -0.2) is 42.1 Å². The second-order valence-corrected chi connectivity index (χ2v) is 9.59. The van der Waals surface area contributed by atoms with Gasteiger partial charge in [0.05, 0.1) is 42.2 Å². The summed E-state index contributed by atoms with van der Waals surface area (Å²) in [4.78, 5) is 32.8. The highest BCUT2D eigenvalue weighted by molar-refractivity contribution is 7.22. The summed E-state index contributed by atoms with van der Waals surface area (Å²) in [5, 5.41) is 11.6. The number of Topliss-reactive ketones (excluding diaryl/α,β-unsaturated/α-hetero) is 1. The Kier molecular flexibility index (Phi) is 7.21. The lowest BCUT2D eigenvalue weighted by Gasteiger charge is -2.24. The number of thiazole rings is 1. The maximum absolute atomic E-state index is 13.9. The lowest BCUT2D eigenvalue weighted by Crippen LogP contribution is -2.29. The first-order valence-electron chi connectivity index (χ1n) is 12.3. The van der Waals surface area contributed by atoms with Crippen LogP contribution in [0.4, 0.5) is 9.52 Å². The van der Waals surface area contributed by atoms with Gasteiger partial charge in [0, 0.05) is 5.56 Å². The van der Waals surface area contributed by atoms with Crippen molar-refractivity contribution in [1.82, 2.24) is 4.98 Å². The van der Waals surface area contributed by atoms with Crippen LogP contribution in [0.1, 0.15) is 31.0 Å². The predicted octanol–water partition coefficient (Wildman–Crippen LogP) is 5.87. The molecule has 10 heteroatoms. The molecule has 1 aliphatic heterocycles. The van der Waals surface area contributed by atoms with Gasteiger partial charge in [0.2, 0.25) is 0 Å². The van der Waals surface area contributed by atoms with E-state index in [0.29, 0.717) is 51.8 Å². The highest BCUT2D eigenvalue weighted by Crippen LogP contribution is 2.46. The predicted molar refractivity (Wildman–Crippen MR) is 146 cm³/mol. The third kappa shape index (κ3) is 4.79. The van der Waals surface area contributed by atoms with Gasteiger partial charge in [-0.05, 0) is 74.0 Å². The number of aliphatic hydroxyl groups is 1. The number of halogens is 1. The van der Waals surface area contributed by atoms with Crippen LogP contribution in [0.5, 0.6) is 17.2 Å². The lowest BCUT2D eigenvalue weighted by molar-refractivity contribution is -0.132. The van der Waals surface area contributed by atoms with Crippen LogP contribution >= 0.6 is 11.3 Å². The van der Waals surface area contributed by atoms with Crippen molar-refractivity contribution < 1.29 is 33.3 Å². The van der Waals surface area contributed by atoms with Crippen molar-refractivity contribution in [2.75, 3.05) is 25.2 Å². The topological polar surface area (TPSA) is 98.2 Å². The largest absolute Gasteiger partial charge is 0.507 e. The van der Waals surface area contributed by atoms with Crippen LogP contribution in [0.2, 0.25) is 0 Å². The number of hydrogen-bond donors (Lipinski definition) is 1. The highest BCUT2D eigenvalue weighted by atomic mass is 32.1. The molecule has 5 rings (SSSR count). The Morgan fingerprint density at radius 2 is 1.72 bits per heavy atom. The van der Waals surface area contributed by atoms with E-state index in [4.69, 9.17) is 14.2 Å². The molecule has 1 atom stereocenters. The number of benzene rings is 3. The summed E-state index contributed by atoms with van der Waals surface area (Å²) >= 11 is 1.08. The molecule has 1 unspecified atom stereocenters. The van der Waals surface area contributed by atoms with Crippen LogP contribution in [0.3, 0.4) is 0 Å². The molecule has 8 nitrogen and oxygen atoms in total. The van der Waals surface area contributed by atoms with Gasteiger partial charge in [-0.1, -0.05) is 17.4 Å². The Morgan fingerprint density at radius 3 is 2.41 bits per heavy atom. The SMILES string of the molecule is CCOc1ccc(C2C(=C(O)c3ccc(OC)cc3)C(=O)C(=O)N2c2nc3ccc(F)cc3s2)cc1OCC. The first-order chi connectivity index (χ1) is 18.9. The van der Waals surface area contributed by atoms with Crippen LogP contribution in [0, 0.1) is 5.82 Å². The molecule has 1 aliphatic rings. The molecular formula is C29H25FN2O6S. The van der Waals surface area contributed by atoms with Crippen molar-refractivity contribution in [1.29, 1.82) is 0 Å². The van der Waals surface area contributed by atoms with Crippen molar-refractivity contribution in [3.63, 3.8) is 0 Å². The van der Waals surface area contributed by atoms with Crippen LogP contribution in [0.15, 0.2) is 66.2 Å². The number of anilines is 1. The van der Waals surface area contributed by atoms with Crippen molar-refractivity contribution in [2.24, 2.45) is 0 Å². The Morgan fingerprint density at radius 1 is 1.00 bits per heavy atom. The van der Waals surface area contributed by atoms with Crippen LogP contribution in [0.25, 0.3) is 16.0 Å². The molecule has 3 aromatic carbocycles. The Labute approximate surface area is 227 Å². The van der Waals surface area contributed by atoms with Gasteiger partial charge >= 0.3 is 5.91 Å². The van der Waals surface area contributed by atoms with E-state index in [1.807, 2.05) is 13.8 Å². The van der Waals surface area contributed by atoms with E-state index in [2.05, 4.69) is 4.98 Å². The first-order valence-corrected chi connectivity index (χ1v) is 13.1. The lowest BCUT2D eigenvalue weighted by atomic mass is 9.95. The first kappa shape index (κ1) is 26.2. The van der Waals surface area contributed by atoms with E-state index in [9.17, 15) is 19.1 Å². The van der Waals surface area contributed by atoms with Crippen LogP contribution in [-0.2, 0) is 9.59 Å². The van der Waals surface area contributed by atoms with Gasteiger partial charge in [-0.25, -0.2) is 9.37 Å². The smallest absolute Gasteiger partial charge is 0.301 e. The number of aromatic nitrogens is 1. The molecule has 0 bridgehead atoms. The molecule has 1 amide bonds. The van der Waals surface area contributed by atoms with Gasteiger partial charge < -0.3 is 19.3 Å². The summed E-state index contributed by atoms with van der Waals surface area (Å²) in [6.45, 7) is 4.46. The summed E-state index contributed by atoms with van der Waals surface area (Å²) in [5.74, 6) is -1.01. The maximum Gasteiger partial charge on any atom is 0.301 e. The number of hydrogen-bond acceptors (Lipinski definition) is 8. The standard InChI is InChI=1S/C29H25FN2O6S/c1-4-37-21-13-8-17(14-22(21)38-5-2)25-24(26(33)16-6-10-19(36-3)11-7-16)27(34)28(35)32(25)29-31-20-12-9-18(30)15-23(20)39-29/h6-15,25,33H,4-5H2,1-3H3. The normalized spacial score (nSPS) is 16.6. The fraction of sp³-hybridized carbons (Fsp3) is 0.207. The number of carbonyl (C=O) groups is 2. The Hall–Kier alpha value is -4.44. The monoisotopic (exact) mass is 548 g/mol. The molecule has 1 fully saturated rings. The number of aliphatic hydroxyl groups excluding tert-OH is 1. The third-order valence-corrected chi connectivity index (χ3v) is 7.25. The van der Waals surface area contributed by atoms with Crippen molar-refractivity contribution >= 4 is 44.1 Å². The summed E-state index contributed by atoms with van der Waals surface area (Å²) < 4.78 is 31.1. The van der Waals surface area contributed by atoms with Gasteiger partial charge in [-0.3, -0.25) is 14.5 Å². The minimum atomic E-state index is -1.03. The fourth-order valence-electron chi connectivity index (χ4n) is 4.48. The zero-order valence-corrected chi connectivity index (χ0v) is 22.3. The quantitative estimate of drug-likeness (QED) is 0.167. The number of fused-ring (bicyclic) bond motifs is 1. The summed E-state index contributed by atoms with van der Waals surface area (Å²) in [6.07, 6.45) is 0. The van der Waals surface area contributed by atoms with Crippen molar-refractivity contribution in [3.8, 4) is 17.2 Å². The van der Waals surface area contributed by atoms with Gasteiger partial charge in [0.25, 0.3) is 5.78 Å². The molecule has 4 aromatic rings. The molecule has 0 radical (unpaired) electrons. The minimum Gasteiger partial charge on any atom is -0.507 e. The van der Waals surface area contributed by atoms with Crippen molar-refractivity contribution in [3.05, 3.63) is 83.2 Å². The maximum atomic E-state index is 13.9. The highest BCUT2D eigenvalue weighted by Gasteiger charge is 2.48. The second-order valence-electron chi connectivity index (χ2n) is 8.58. The fourth-order valence-corrected chi connectivity index (χ4v) is 5.49. The number of rotatable bonds is 8. The molecule has 1 N–H and O–H groups in total. The van der Waals surface area contributed by atoms with E-state index in [1.165, 1.54) is 30.2 Å². The molecule has 0 spiro atoms. The molecule has 1 aromatic heterocycles. The number of amides is 1. The number of ether oxygens (including phenoxy) is 3. The molecule has 39 heavy (non-hydrogen) atoms. The molecule has 0 aliphatic carbocycles. The second kappa shape index (κ2) is 10.7. The van der Waals surface area contributed by atoms with Gasteiger partial charge in [0.1, 0.15) is 17.3 Å². The minimum absolute atomic E-state index is 0.109. The zero-order valence-electron chi connectivity index (χ0n) is 21.4. The molecule has 200 valence electrons. The zero-order chi connectivity index (χ0) is 27.7. The van der Waals surface area contributed by atoms with Crippen molar-refractivity contribution in [2.45, 2.75) is 19.9 Å². The van der Waals surface area contributed by atoms with E-state index in [-0.39, 0.29) is 16.5 Å². The average molecular weight is 549 g/mol. The van der Waals surface area contributed by atoms with Gasteiger partial charge in [-0.2, -0.15) is 0 Å². The molecule has 1 saturated heterocycles. The van der Waals surface area contributed by atoms with E-state index >= 15 is 0 Å². The number of ketones is 1. The molecule has 0 saturated carbocycles. The van der Waals surface area contributed by atoms with E-state index in [1.54, 1.807) is 42.5 Å². The van der Waals surface area contributed by atoms with Gasteiger partial charge in [-0.15, -0.1) is 0 Å². The number of carbonyl (C=O) groups excluding carboxylic acids is 2. The Balaban J connectivity index is 1.72. The summed E-state index contributed by atoms with van der Waals surface area (Å²) in [5.41, 5.74) is 1.21. The number of nitrogens with zero attached hydrogens (tertiary/aromatic N) is 2. The number of methoxy groups -OCH3 is 1.